The van der Waals surface area contributed by atoms with Crippen LogP contribution in [0.3, 0.4) is 0 Å². The lowest BCUT2D eigenvalue weighted by molar-refractivity contribution is 0.0725. The number of halogens is 1. The van der Waals surface area contributed by atoms with E-state index >= 15 is 0 Å². The maximum absolute atomic E-state index is 13.5. The van der Waals surface area contributed by atoms with Crippen molar-refractivity contribution >= 4 is 28.5 Å². The van der Waals surface area contributed by atoms with Crippen molar-refractivity contribution in [2.24, 2.45) is 0 Å². The first-order valence-corrected chi connectivity index (χ1v) is 10.8. The number of ether oxygens (including phenoxy) is 1. The molecule has 0 aliphatic carbocycles. The summed E-state index contributed by atoms with van der Waals surface area (Å²) in [6.45, 7) is 8.49. The van der Waals surface area contributed by atoms with Crippen LogP contribution in [-0.2, 0) is 0 Å². The fourth-order valence-electron chi connectivity index (χ4n) is 3.95. The number of rotatable bonds is 7. The fraction of sp³-hybridized carbons (Fsp3) is 0.280. The fourth-order valence-corrected chi connectivity index (χ4v) is 4.11. The Kier molecular flexibility index (Phi) is 5.88. The van der Waals surface area contributed by atoms with Gasteiger partial charge >= 0.3 is 0 Å². The zero-order chi connectivity index (χ0) is 22.1. The van der Waals surface area contributed by atoms with Crippen LogP contribution in [0.2, 0.25) is 5.02 Å². The Bertz CT molecular complexity index is 1210. The summed E-state index contributed by atoms with van der Waals surface area (Å²) in [5.74, 6) is 0.556. The van der Waals surface area contributed by atoms with Crippen molar-refractivity contribution < 1.29 is 13.9 Å². The average Bonchev–Trinajstić information content (AvgIpc) is 3.04. The molecule has 1 aliphatic heterocycles. The van der Waals surface area contributed by atoms with Crippen molar-refractivity contribution in [3.63, 3.8) is 0 Å². The normalized spacial score (nSPS) is 15.4. The van der Waals surface area contributed by atoms with E-state index < -0.39 is 6.04 Å². The Morgan fingerprint density at radius 3 is 2.65 bits per heavy atom. The first-order valence-electron chi connectivity index (χ1n) is 10.4. The van der Waals surface area contributed by atoms with Gasteiger partial charge < -0.3 is 14.1 Å². The Labute approximate surface area is 185 Å². The molecule has 1 aliphatic rings. The number of unbranched alkanes of at least 4 members (excludes halogenated alkanes) is 1. The molecule has 1 aromatic heterocycles. The van der Waals surface area contributed by atoms with Gasteiger partial charge in [0.1, 0.15) is 17.9 Å². The summed E-state index contributed by atoms with van der Waals surface area (Å²) in [6.07, 6.45) is 3.43. The molecule has 0 N–H and O–H groups in total. The lowest BCUT2D eigenvalue weighted by Crippen LogP contribution is -2.30. The van der Waals surface area contributed by atoms with Crippen molar-refractivity contribution in [3.05, 3.63) is 86.7 Å². The number of carbonyl (C=O) groups excluding carboxylic acids is 1. The van der Waals surface area contributed by atoms with E-state index in [0.717, 1.165) is 24.0 Å². The third-order valence-corrected chi connectivity index (χ3v) is 5.97. The molecule has 5 nitrogen and oxygen atoms in total. The SMILES string of the molecule is C=CCOc1ccc(C2c3c(oc4cc(C)c(Cl)cc4c3=O)C(=O)N2CCCC)cc1. The van der Waals surface area contributed by atoms with Gasteiger partial charge in [0.05, 0.1) is 17.0 Å². The summed E-state index contributed by atoms with van der Waals surface area (Å²) < 4.78 is 11.6. The summed E-state index contributed by atoms with van der Waals surface area (Å²) in [5.41, 5.74) is 2.15. The minimum absolute atomic E-state index is 0.118. The molecule has 6 heteroatoms. The van der Waals surface area contributed by atoms with Crippen LogP contribution < -0.4 is 10.2 Å². The highest BCUT2D eigenvalue weighted by Crippen LogP contribution is 2.39. The van der Waals surface area contributed by atoms with Gasteiger partial charge in [-0.05, 0) is 48.7 Å². The van der Waals surface area contributed by atoms with Crippen LogP contribution in [0.1, 0.15) is 53.1 Å². The van der Waals surface area contributed by atoms with Crippen molar-refractivity contribution in [2.75, 3.05) is 13.2 Å². The van der Waals surface area contributed by atoms with Crippen molar-refractivity contribution in [1.29, 1.82) is 0 Å². The highest BCUT2D eigenvalue weighted by atomic mass is 35.5. The van der Waals surface area contributed by atoms with Crippen LogP contribution in [0, 0.1) is 6.92 Å². The zero-order valence-corrected chi connectivity index (χ0v) is 18.4. The van der Waals surface area contributed by atoms with Crippen LogP contribution in [-0.4, -0.2) is 24.0 Å². The van der Waals surface area contributed by atoms with Gasteiger partial charge in [0.2, 0.25) is 5.76 Å². The van der Waals surface area contributed by atoms with E-state index in [0.29, 0.717) is 40.5 Å². The quantitative estimate of drug-likeness (QED) is 0.447. The van der Waals surface area contributed by atoms with Crippen LogP contribution in [0.4, 0.5) is 0 Å². The van der Waals surface area contributed by atoms with E-state index in [-0.39, 0.29) is 17.1 Å². The topological polar surface area (TPSA) is 59.8 Å². The van der Waals surface area contributed by atoms with E-state index in [1.807, 2.05) is 31.2 Å². The molecule has 3 aromatic rings. The predicted octanol–water partition coefficient (Wildman–Crippen LogP) is 5.66. The molecule has 0 saturated carbocycles. The first kappa shape index (κ1) is 21.2. The van der Waals surface area contributed by atoms with E-state index in [9.17, 15) is 9.59 Å². The van der Waals surface area contributed by atoms with E-state index in [4.69, 9.17) is 20.8 Å². The number of hydrogen-bond donors (Lipinski definition) is 0. The highest BCUT2D eigenvalue weighted by molar-refractivity contribution is 6.32. The van der Waals surface area contributed by atoms with Gasteiger partial charge in [-0.25, -0.2) is 0 Å². The highest BCUT2D eigenvalue weighted by Gasteiger charge is 2.42. The van der Waals surface area contributed by atoms with E-state index in [1.54, 1.807) is 23.1 Å². The average molecular weight is 438 g/mol. The number of carbonyl (C=O) groups is 1. The molecular weight excluding hydrogens is 414 g/mol. The molecule has 0 spiro atoms. The molecule has 1 unspecified atom stereocenters. The van der Waals surface area contributed by atoms with Crippen LogP contribution in [0.25, 0.3) is 11.0 Å². The Hall–Kier alpha value is -3.05. The number of hydrogen-bond acceptors (Lipinski definition) is 4. The van der Waals surface area contributed by atoms with Crippen molar-refractivity contribution in [1.82, 2.24) is 4.90 Å². The summed E-state index contributed by atoms with van der Waals surface area (Å²) in [6, 6.07) is 10.3. The molecule has 0 saturated heterocycles. The summed E-state index contributed by atoms with van der Waals surface area (Å²) in [7, 11) is 0. The molecule has 1 atom stereocenters. The Morgan fingerprint density at radius 1 is 1.23 bits per heavy atom. The predicted molar refractivity (Wildman–Crippen MR) is 122 cm³/mol. The van der Waals surface area contributed by atoms with E-state index in [2.05, 4.69) is 13.5 Å². The third-order valence-electron chi connectivity index (χ3n) is 5.56. The lowest BCUT2D eigenvalue weighted by Gasteiger charge is -2.25. The van der Waals surface area contributed by atoms with Gasteiger partial charge in [-0.3, -0.25) is 9.59 Å². The van der Waals surface area contributed by atoms with Gasteiger partial charge in [-0.1, -0.05) is 49.7 Å². The van der Waals surface area contributed by atoms with Gasteiger partial charge in [0.15, 0.2) is 5.43 Å². The molecule has 2 heterocycles. The molecule has 31 heavy (non-hydrogen) atoms. The number of fused-ring (bicyclic) bond motifs is 2. The smallest absolute Gasteiger partial charge is 0.290 e. The number of benzene rings is 2. The minimum Gasteiger partial charge on any atom is -0.490 e. The van der Waals surface area contributed by atoms with Gasteiger partial charge in [0.25, 0.3) is 5.91 Å². The molecule has 0 fully saturated rings. The van der Waals surface area contributed by atoms with Crippen LogP contribution in [0.15, 0.2) is 58.3 Å². The Balaban J connectivity index is 1.88. The summed E-state index contributed by atoms with van der Waals surface area (Å²) >= 11 is 6.27. The first-order chi connectivity index (χ1) is 15.0. The molecule has 0 radical (unpaired) electrons. The van der Waals surface area contributed by atoms with Crippen molar-refractivity contribution in [3.8, 4) is 5.75 Å². The van der Waals surface area contributed by atoms with Crippen molar-refractivity contribution in [2.45, 2.75) is 32.7 Å². The molecule has 0 bridgehead atoms. The summed E-state index contributed by atoms with van der Waals surface area (Å²) in [4.78, 5) is 28.5. The zero-order valence-electron chi connectivity index (χ0n) is 17.6. The molecule has 4 rings (SSSR count). The number of aryl methyl sites for hydroxylation is 1. The maximum Gasteiger partial charge on any atom is 0.290 e. The second-order valence-electron chi connectivity index (χ2n) is 7.69. The molecule has 2 aromatic carbocycles. The monoisotopic (exact) mass is 437 g/mol. The van der Waals surface area contributed by atoms with Crippen LogP contribution in [0.5, 0.6) is 5.75 Å². The lowest BCUT2D eigenvalue weighted by atomic mass is 9.98. The van der Waals surface area contributed by atoms with Crippen LogP contribution >= 0.6 is 11.6 Å². The summed E-state index contributed by atoms with van der Waals surface area (Å²) in [5, 5.41) is 0.877. The Morgan fingerprint density at radius 2 is 1.97 bits per heavy atom. The van der Waals surface area contributed by atoms with E-state index in [1.165, 1.54) is 0 Å². The van der Waals surface area contributed by atoms with Gasteiger partial charge in [0, 0.05) is 11.6 Å². The van der Waals surface area contributed by atoms with Gasteiger partial charge in [-0.15, -0.1) is 0 Å². The maximum atomic E-state index is 13.5. The number of amides is 1. The molecule has 1 amide bonds. The second kappa shape index (κ2) is 8.60. The molecular formula is C25H24ClNO4. The minimum atomic E-state index is -0.511. The number of nitrogens with zero attached hydrogens (tertiary/aromatic N) is 1. The standard InChI is InChI=1S/C25H24ClNO4/c1-4-6-11-27-22(16-7-9-17(10-8-16)30-12-5-2)21-23(28)18-14-19(26)15(3)13-20(18)31-24(21)25(27)29/h5,7-10,13-14,22H,2,4,6,11-12H2,1,3H3. The largest absolute Gasteiger partial charge is 0.490 e. The second-order valence-corrected chi connectivity index (χ2v) is 8.10. The third kappa shape index (κ3) is 3.74. The molecule has 160 valence electrons. The van der Waals surface area contributed by atoms with Gasteiger partial charge in [-0.2, -0.15) is 0 Å².